The number of ether oxygens (including phenoxy) is 1. The minimum atomic E-state index is -0.337. The van der Waals surface area contributed by atoms with Crippen molar-refractivity contribution in [2.24, 2.45) is 5.92 Å². The minimum absolute atomic E-state index is 0.0824. The number of ketones is 1. The van der Waals surface area contributed by atoms with E-state index in [0.717, 1.165) is 24.9 Å². The lowest BCUT2D eigenvalue weighted by Gasteiger charge is -2.29. The molecule has 0 saturated carbocycles. The zero-order valence-corrected chi connectivity index (χ0v) is 12.4. The van der Waals surface area contributed by atoms with E-state index in [2.05, 4.69) is 22.7 Å². The molecule has 0 radical (unpaired) electrons. The van der Waals surface area contributed by atoms with Crippen LogP contribution >= 0.6 is 12.6 Å². The fourth-order valence-corrected chi connectivity index (χ4v) is 2.82. The van der Waals surface area contributed by atoms with E-state index in [1.165, 1.54) is 7.11 Å². The fraction of sp³-hybridized carbons (Fsp3) is 0.467. The molecule has 2 atom stereocenters. The molecule has 0 spiro atoms. The van der Waals surface area contributed by atoms with Gasteiger partial charge in [0.05, 0.1) is 12.7 Å². The van der Waals surface area contributed by atoms with E-state index in [1.807, 2.05) is 12.1 Å². The Morgan fingerprint density at radius 2 is 2.05 bits per heavy atom. The SMILES string of the molecule is COC(=O)c1ccc([C@@H]2C[C@@H](C(=O)CS)CCN2)cc1. The van der Waals surface area contributed by atoms with Crippen molar-refractivity contribution in [2.75, 3.05) is 19.4 Å². The van der Waals surface area contributed by atoms with E-state index < -0.39 is 0 Å². The first-order chi connectivity index (χ1) is 9.65. The van der Waals surface area contributed by atoms with E-state index in [0.29, 0.717) is 11.3 Å². The van der Waals surface area contributed by atoms with Gasteiger partial charge in [0.15, 0.2) is 0 Å². The molecule has 2 rings (SSSR count). The van der Waals surface area contributed by atoms with E-state index in [9.17, 15) is 9.59 Å². The predicted molar refractivity (Wildman–Crippen MR) is 80.1 cm³/mol. The second-order valence-electron chi connectivity index (χ2n) is 4.97. The Balaban J connectivity index is 2.07. The van der Waals surface area contributed by atoms with Crippen LogP contribution in [0.2, 0.25) is 0 Å². The normalized spacial score (nSPS) is 22.3. The molecule has 5 heteroatoms. The molecule has 1 aromatic rings. The van der Waals surface area contributed by atoms with Gasteiger partial charge < -0.3 is 10.1 Å². The number of hydrogen-bond donors (Lipinski definition) is 2. The summed E-state index contributed by atoms with van der Waals surface area (Å²) in [7, 11) is 1.37. The average molecular weight is 293 g/mol. The molecular weight excluding hydrogens is 274 g/mol. The van der Waals surface area contributed by atoms with Crippen molar-refractivity contribution in [1.29, 1.82) is 0 Å². The molecule has 0 aliphatic carbocycles. The number of methoxy groups -OCH3 is 1. The van der Waals surface area contributed by atoms with Crippen molar-refractivity contribution in [2.45, 2.75) is 18.9 Å². The summed E-state index contributed by atoms with van der Waals surface area (Å²) in [5, 5.41) is 3.41. The third-order valence-electron chi connectivity index (χ3n) is 3.75. The Morgan fingerprint density at radius 1 is 1.35 bits per heavy atom. The number of esters is 1. The standard InChI is InChI=1S/C15H19NO3S/c1-19-15(18)11-4-2-10(3-5-11)13-8-12(6-7-16-13)14(17)9-20/h2-5,12-13,16,20H,6-9H2,1H3/t12-,13-/m0/s1. The summed E-state index contributed by atoms with van der Waals surface area (Å²) in [5.41, 5.74) is 1.63. The third kappa shape index (κ3) is 3.41. The highest BCUT2D eigenvalue weighted by molar-refractivity contribution is 7.81. The van der Waals surface area contributed by atoms with Gasteiger partial charge in [0.1, 0.15) is 5.78 Å². The highest BCUT2D eigenvalue weighted by Gasteiger charge is 2.26. The number of carbonyl (C=O) groups excluding carboxylic acids is 2. The number of hydrogen-bond acceptors (Lipinski definition) is 5. The molecule has 0 unspecified atom stereocenters. The summed E-state index contributed by atoms with van der Waals surface area (Å²) in [5.74, 6) is 0.264. The lowest BCUT2D eigenvalue weighted by Crippen LogP contribution is -2.35. The monoisotopic (exact) mass is 293 g/mol. The number of Topliss-reactive ketones (excluding diaryl/α,β-unsaturated/α-hetero) is 1. The lowest BCUT2D eigenvalue weighted by molar-refractivity contribution is -0.121. The molecule has 1 saturated heterocycles. The summed E-state index contributed by atoms with van der Waals surface area (Å²) >= 11 is 4.07. The van der Waals surface area contributed by atoms with Crippen LogP contribution in [0.5, 0.6) is 0 Å². The second kappa shape index (κ2) is 6.90. The summed E-state index contributed by atoms with van der Waals surface area (Å²) in [6, 6.07) is 7.50. The van der Waals surface area contributed by atoms with Gasteiger partial charge in [-0.25, -0.2) is 4.79 Å². The molecule has 1 aromatic carbocycles. The van der Waals surface area contributed by atoms with Gasteiger partial charge in [0.25, 0.3) is 0 Å². The quantitative estimate of drug-likeness (QED) is 0.659. The van der Waals surface area contributed by atoms with Gasteiger partial charge in [-0.3, -0.25) is 4.79 Å². The predicted octanol–water partition coefficient (Wildman–Crippen LogP) is 2.01. The van der Waals surface area contributed by atoms with Crippen molar-refractivity contribution in [3.63, 3.8) is 0 Å². The first-order valence-corrected chi connectivity index (χ1v) is 7.34. The number of piperidine rings is 1. The highest BCUT2D eigenvalue weighted by atomic mass is 32.1. The van der Waals surface area contributed by atoms with Crippen LogP contribution in [-0.4, -0.2) is 31.2 Å². The van der Waals surface area contributed by atoms with E-state index in [1.54, 1.807) is 12.1 Å². The first kappa shape index (κ1) is 15.1. The van der Waals surface area contributed by atoms with Gasteiger partial charge in [-0.05, 0) is 37.1 Å². The van der Waals surface area contributed by atoms with Crippen molar-refractivity contribution in [1.82, 2.24) is 5.32 Å². The van der Waals surface area contributed by atoms with E-state index >= 15 is 0 Å². The summed E-state index contributed by atoms with van der Waals surface area (Å²) < 4.78 is 4.68. The van der Waals surface area contributed by atoms with Crippen molar-refractivity contribution in [3.8, 4) is 0 Å². The molecule has 1 fully saturated rings. The zero-order chi connectivity index (χ0) is 14.5. The Hall–Kier alpha value is -1.33. The van der Waals surface area contributed by atoms with Crippen LogP contribution in [0, 0.1) is 5.92 Å². The molecule has 1 heterocycles. The van der Waals surface area contributed by atoms with Gasteiger partial charge in [-0.15, -0.1) is 0 Å². The van der Waals surface area contributed by atoms with Crippen LogP contribution < -0.4 is 5.32 Å². The number of nitrogens with one attached hydrogen (secondary N) is 1. The van der Waals surface area contributed by atoms with Crippen LogP contribution in [0.3, 0.4) is 0 Å². The molecular formula is C15H19NO3S. The van der Waals surface area contributed by atoms with Crippen molar-refractivity contribution >= 4 is 24.4 Å². The van der Waals surface area contributed by atoms with Crippen LogP contribution in [-0.2, 0) is 9.53 Å². The maximum atomic E-state index is 11.8. The summed E-state index contributed by atoms with van der Waals surface area (Å²) in [6.45, 7) is 0.827. The van der Waals surface area contributed by atoms with E-state index in [4.69, 9.17) is 0 Å². The average Bonchev–Trinajstić information content (AvgIpc) is 2.53. The smallest absolute Gasteiger partial charge is 0.337 e. The Labute approximate surface area is 124 Å². The van der Waals surface area contributed by atoms with Crippen LogP contribution in [0.1, 0.15) is 34.8 Å². The topological polar surface area (TPSA) is 55.4 Å². The maximum Gasteiger partial charge on any atom is 0.337 e. The summed E-state index contributed by atoms with van der Waals surface area (Å²) in [6.07, 6.45) is 1.66. The van der Waals surface area contributed by atoms with Gasteiger partial charge in [-0.2, -0.15) is 12.6 Å². The molecule has 1 aliphatic rings. The van der Waals surface area contributed by atoms with E-state index in [-0.39, 0.29) is 23.7 Å². The molecule has 0 bridgehead atoms. The largest absolute Gasteiger partial charge is 0.465 e. The molecule has 0 aromatic heterocycles. The number of thiol groups is 1. The van der Waals surface area contributed by atoms with Crippen LogP contribution in [0.15, 0.2) is 24.3 Å². The minimum Gasteiger partial charge on any atom is -0.465 e. The van der Waals surface area contributed by atoms with Crippen LogP contribution in [0.4, 0.5) is 0 Å². The van der Waals surface area contributed by atoms with Gasteiger partial charge >= 0.3 is 5.97 Å². The number of carbonyl (C=O) groups is 2. The maximum absolute atomic E-state index is 11.8. The zero-order valence-electron chi connectivity index (χ0n) is 11.5. The lowest BCUT2D eigenvalue weighted by atomic mass is 9.86. The Morgan fingerprint density at radius 3 is 2.65 bits per heavy atom. The van der Waals surface area contributed by atoms with Gasteiger partial charge in [-0.1, -0.05) is 12.1 Å². The molecule has 108 valence electrons. The summed E-state index contributed by atoms with van der Waals surface area (Å²) in [4.78, 5) is 23.2. The molecule has 1 N–H and O–H groups in total. The van der Waals surface area contributed by atoms with Gasteiger partial charge in [0, 0.05) is 17.7 Å². The molecule has 0 amide bonds. The molecule has 20 heavy (non-hydrogen) atoms. The first-order valence-electron chi connectivity index (χ1n) is 6.71. The third-order valence-corrected chi connectivity index (χ3v) is 4.06. The van der Waals surface area contributed by atoms with Gasteiger partial charge in [0.2, 0.25) is 0 Å². The number of rotatable bonds is 4. The second-order valence-corrected chi connectivity index (χ2v) is 5.28. The van der Waals surface area contributed by atoms with Crippen molar-refractivity contribution in [3.05, 3.63) is 35.4 Å². The Bertz CT molecular complexity index is 486. The van der Waals surface area contributed by atoms with Crippen molar-refractivity contribution < 1.29 is 14.3 Å². The Kier molecular flexibility index (Phi) is 5.20. The van der Waals surface area contributed by atoms with Crippen LogP contribution in [0.25, 0.3) is 0 Å². The molecule has 4 nitrogen and oxygen atoms in total. The number of benzene rings is 1. The highest BCUT2D eigenvalue weighted by Crippen LogP contribution is 2.28. The fourth-order valence-electron chi connectivity index (χ4n) is 2.56. The molecule has 1 aliphatic heterocycles.